The minimum Gasteiger partial charge on any atom is -0.368 e. The summed E-state index contributed by atoms with van der Waals surface area (Å²) < 4.78 is 16.7. The molecule has 2 rings (SSSR count). The average molecular weight is 146 g/mol. The second kappa shape index (κ2) is 1.43. The van der Waals surface area contributed by atoms with Crippen LogP contribution in [-0.2, 0) is 9.30 Å². The Labute approximate surface area is 55.0 Å². The van der Waals surface area contributed by atoms with Crippen LogP contribution >= 0.6 is 7.14 Å². The highest BCUT2D eigenvalue weighted by Gasteiger charge is 2.57. The van der Waals surface area contributed by atoms with Gasteiger partial charge in [-0.2, -0.15) is 0 Å². The van der Waals surface area contributed by atoms with Crippen LogP contribution in [0.5, 0.6) is 0 Å². The molecule has 4 atom stereocenters. The molecule has 2 saturated heterocycles. The van der Waals surface area contributed by atoms with E-state index >= 15 is 0 Å². The molecule has 2 heterocycles. The normalized spacial score (nSPS) is 63.6. The second-order valence-electron chi connectivity index (χ2n) is 3.24. The van der Waals surface area contributed by atoms with E-state index in [-0.39, 0.29) is 0 Å². The Kier molecular flexibility index (Phi) is 0.945. The molecule has 0 radical (unpaired) electrons. The van der Waals surface area contributed by atoms with Crippen molar-refractivity contribution in [1.82, 2.24) is 0 Å². The fourth-order valence-electron chi connectivity index (χ4n) is 1.56. The lowest BCUT2D eigenvalue weighted by molar-refractivity contribution is 0.363. The SMILES string of the molecule is C[C@H]1[C@H]2O[C@H]2C[P@]1(C)=O. The zero-order valence-electron chi connectivity index (χ0n) is 5.70. The van der Waals surface area contributed by atoms with Gasteiger partial charge in [0.25, 0.3) is 0 Å². The van der Waals surface area contributed by atoms with Crippen molar-refractivity contribution in [3.8, 4) is 0 Å². The van der Waals surface area contributed by atoms with Crippen LogP contribution in [-0.4, -0.2) is 30.7 Å². The monoisotopic (exact) mass is 146 g/mol. The lowest BCUT2D eigenvalue weighted by atomic mass is 10.3. The second-order valence-corrected chi connectivity index (χ2v) is 6.76. The number of fused-ring (bicyclic) bond motifs is 1. The van der Waals surface area contributed by atoms with E-state index in [0.29, 0.717) is 17.9 Å². The Morgan fingerprint density at radius 2 is 2.33 bits per heavy atom. The van der Waals surface area contributed by atoms with Crippen molar-refractivity contribution in [2.75, 3.05) is 12.8 Å². The quantitative estimate of drug-likeness (QED) is 0.379. The van der Waals surface area contributed by atoms with Gasteiger partial charge >= 0.3 is 0 Å². The van der Waals surface area contributed by atoms with Crippen LogP contribution in [0.25, 0.3) is 0 Å². The average Bonchev–Trinajstić information content (AvgIpc) is 2.39. The Morgan fingerprint density at radius 3 is 2.56 bits per heavy atom. The summed E-state index contributed by atoms with van der Waals surface area (Å²) in [4.78, 5) is 0. The van der Waals surface area contributed by atoms with E-state index in [1.807, 2.05) is 13.6 Å². The van der Waals surface area contributed by atoms with Crippen molar-refractivity contribution in [2.45, 2.75) is 24.8 Å². The van der Waals surface area contributed by atoms with E-state index in [9.17, 15) is 4.57 Å². The molecule has 52 valence electrons. The lowest BCUT2D eigenvalue weighted by Gasteiger charge is -2.12. The van der Waals surface area contributed by atoms with Gasteiger partial charge in [-0.1, -0.05) is 6.92 Å². The summed E-state index contributed by atoms with van der Waals surface area (Å²) in [5.41, 5.74) is 0.336. The third kappa shape index (κ3) is 0.699. The van der Waals surface area contributed by atoms with Crippen LogP contribution in [0.2, 0.25) is 0 Å². The van der Waals surface area contributed by atoms with Crippen molar-refractivity contribution in [3.05, 3.63) is 0 Å². The molecule has 0 bridgehead atoms. The Hall–Kier alpha value is 0.190. The van der Waals surface area contributed by atoms with Crippen LogP contribution in [0.1, 0.15) is 6.92 Å². The molecule has 0 unspecified atom stereocenters. The summed E-state index contributed by atoms with van der Waals surface area (Å²) in [6.07, 6.45) is 1.57. The van der Waals surface area contributed by atoms with E-state index in [4.69, 9.17) is 4.74 Å². The molecule has 2 fully saturated rings. The fourth-order valence-corrected chi connectivity index (χ4v) is 3.79. The zero-order chi connectivity index (χ0) is 6.65. The topological polar surface area (TPSA) is 29.6 Å². The highest BCUT2D eigenvalue weighted by atomic mass is 31.2. The minimum atomic E-state index is -1.77. The van der Waals surface area contributed by atoms with Gasteiger partial charge < -0.3 is 9.30 Å². The van der Waals surface area contributed by atoms with Crippen LogP contribution < -0.4 is 0 Å². The maximum atomic E-state index is 11.5. The molecule has 0 aromatic rings. The number of epoxide rings is 1. The van der Waals surface area contributed by atoms with Crippen LogP contribution in [0.15, 0.2) is 0 Å². The molecule has 3 heteroatoms. The van der Waals surface area contributed by atoms with E-state index < -0.39 is 7.14 Å². The first-order valence-corrected chi connectivity index (χ1v) is 5.74. The van der Waals surface area contributed by atoms with Gasteiger partial charge in [0.15, 0.2) is 0 Å². The molecule has 0 spiro atoms. The summed E-state index contributed by atoms with van der Waals surface area (Å²) >= 11 is 0. The number of rotatable bonds is 0. The largest absolute Gasteiger partial charge is 0.368 e. The van der Waals surface area contributed by atoms with Gasteiger partial charge in [-0.3, -0.25) is 0 Å². The number of hydrogen-bond acceptors (Lipinski definition) is 2. The Bertz CT molecular complexity index is 189. The summed E-state index contributed by atoms with van der Waals surface area (Å²) in [7, 11) is -1.77. The van der Waals surface area contributed by atoms with E-state index in [1.54, 1.807) is 0 Å². The zero-order valence-corrected chi connectivity index (χ0v) is 6.60. The molecule has 2 nitrogen and oxygen atoms in total. The van der Waals surface area contributed by atoms with Gasteiger partial charge in [-0.05, 0) is 6.66 Å². The Balaban J connectivity index is 2.26. The highest BCUT2D eigenvalue weighted by Crippen LogP contribution is 2.61. The first-order chi connectivity index (χ1) is 4.11. The fraction of sp³-hybridized carbons (Fsp3) is 1.00. The molecule has 9 heavy (non-hydrogen) atoms. The summed E-state index contributed by atoms with van der Waals surface area (Å²) in [5, 5.41) is 0. The van der Waals surface area contributed by atoms with Gasteiger partial charge in [0.2, 0.25) is 0 Å². The lowest BCUT2D eigenvalue weighted by Crippen LogP contribution is -2.05. The van der Waals surface area contributed by atoms with E-state index in [1.165, 1.54) is 0 Å². The molecule has 0 aromatic carbocycles. The van der Waals surface area contributed by atoms with E-state index in [2.05, 4.69) is 0 Å². The third-order valence-electron chi connectivity index (χ3n) is 2.50. The highest BCUT2D eigenvalue weighted by molar-refractivity contribution is 7.64. The maximum absolute atomic E-state index is 11.5. The molecule has 0 amide bonds. The first-order valence-electron chi connectivity index (χ1n) is 3.33. The van der Waals surface area contributed by atoms with Crippen molar-refractivity contribution in [2.24, 2.45) is 0 Å². The van der Waals surface area contributed by atoms with Crippen molar-refractivity contribution < 1.29 is 9.30 Å². The van der Waals surface area contributed by atoms with Crippen LogP contribution in [0.3, 0.4) is 0 Å². The molecule has 2 aliphatic heterocycles. The molecule has 0 aliphatic carbocycles. The van der Waals surface area contributed by atoms with E-state index in [0.717, 1.165) is 6.16 Å². The third-order valence-corrected chi connectivity index (χ3v) is 5.60. The van der Waals surface area contributed by atoms with Crippen LogP contribution in [0.4, 0.5) is 0 Å². The van der Waals surface area contributed by atoms with Gasteiger partial charge in [0, 0.05) is 11.8 Å². The molecule has 0 N–H and O–H groups in total. The molecule has 2 aliphatic rings. The van der Waals surface area contributed by atoms with Crippen molar-refractivity contribution in [1.29, 1.82) is 0 Å². The molecule has 0 aromatic heterocycles. The van der Waals surface area contributed by atoms with Crippen molar-refractivity contribution in [3.63, 3.8) is 0 Å². The van der Waals surface area contributed by atoms with Gasteiger partial charge in [-0.15, -0.1) is 0 Å². The summed E-state index contributed by atoms with van der Waals surface area (Å²) in [6, 6.07) is 0. The number of ether oxygens (including phenoxy) is 1. The smallest absolute Gasteiger partial charge is 0.0940 e. The summed E-state index contributed by atoms with van der Waals surface area (Å²) in [6.45, 7) is 3.94. The van der Waals surface area contributed by atoms with Crippen molar-refractivity contribution >= 4 is 7.14 Å². The van der Waals surface area contributed by atoms with Gasteiger partial charge in [0.05, 0.1) is 19.3 Å². The van der Waals surface area contributed by atoms with Gasteiger partial charge in [-0.25, -0.2) is 0 Å². The predicted molar refractivity (Wildman–Crippen MR) is 36.5 cm³/mol. The molecule has 0 saturated carbocycles. The molecular formula is C6H11O2P. The van der Waals surface area contributed by atoms with Gasteiger partial charge in [0.1, 0.15) is 0 Å². The standard InChI is InChI=1S/C6H11O2P/c1-4-6-5(8-6)3-9(4,2)7/h4-6H,3H2,1-2H3/t4-,5-,6+,9-/m0/s1. The van der Waals surface area contributed by atoms with Crippen LogP contribution in [0, 0.1) is 0 Å². The first kappa shape index (κ1) is 5.94. The maximum Gasteiger partial charge on any atom is 0.0940 e. The summed E-state index contributed by atoms with van der Waals surface area (Å²) in [5.74, 6) is 0. The minimum absolute atomic E-state index is 0.336. The Morgan fingerprint density at radius 1 is 1.67 bits per heavy atom. The molecular weight excluding hydrogens is 135 g/mol. The predicted octanol–water partition coefficient (Wildman–Crippen LogP) is 1.15. The number of hydrogen-bond donors (Lipinski definition) is 0.